The molecule has 0 saturated carbocycles. The first-order chi connectivity index (χ1) is 10.6. The summed E-state index contributed by atoms with van der Waals surface area (Å²) in [6, 6.07) is 15.2. The van der Waals surface area contributed by atoms with E-state index in [0.717, 1.165) is 17.0 Å². The van der Waals surface area contributed by atoms with Crippen LogP contribution in [0.1, 0.15) is 22.8 Å². The van der Waals surface area contributed by atoms with Gasteiger partial charge in [0.05, 0.1) is 5.56 Å². The molecular weight excluding hydrogens is 276 g/mol. The van der Waals surface area contributed by atoms with Gasteiger partial charge < -0.3 is 15.4 Å². The number of rotatable bonds is 4. The van der Waals surface area contributed by atoms with Gasteiger partial charge in [0.25, 0.3) is 5.91 Å². The van der Waals surface area contributed by atoms with Gasteiger partial charge in [-0.25, -0.2) is 0 Å². The molecule has 4 nitrogen and oxygen atoms in total. The van der Waals surface area contributed by atoms with Gasteiger partial charge in [0.15, 0.2) is 0 Å². The maximum atomic E-state index is 12.3. The normalized spacial score (nSPS) is 19.6. The number of carbonyl (C=O) groups excluding carboxylic acids is 1. The predicted molar refractivity (Wildman–Crippen MR) is 87.0 cm³/mol. The Morgan fingerprint density at radius 3 is 2.82 bits per heavy atom. The molecule has 0 bridgehead atoms. The van der Waals surface area contributed by atoms with Crippen LogP contribution >= 0.6 is 0 Å². The number of amides is 1. The van der Waals surface area contributed by atoms with Crippen molar-refractivity contribution in [1.82, 2.24) is 5.32 Å². The molecule has 1 atom stereocenters. The molecule has 2 aromatic rings. The van der Waals surface area contributed by atoms with Crippen LogP contribution in [0.4, 0.5) is 5.69 Å². The van der Waals surface area contributed by atoms with Crippen molar-refractivity contribution in [3.05, 3.63) is 72.3 Å². The van der Waals surface area contributed by atoms with Crippen LogP contribution in [0, 0.1) is 0 Å². The van der Waals surface area contributed by atoms with Crippen LogP contribution in [0.5, 0.6) is 5.75 Å². The molecule has 0 saturated heterocycles. The fourth-order valence-electron chi connectivity index (χ4n) is 2.58. The van der Waals surface area contributed by atoms with Gasteiger partial charge in [0.1, 0.15) is 18.0 Å². The van der Waals surface area contributed by atoms with Crippen molar-refractivity contribution in [3.8, 4) is 5.75 Å². The highest BCUT2D eigenvalue weighted by atomic mass is 16.5. The van der Waals surface area contributed by atoms with E-state index in [4.69, 9.17) is 4.74 Å². The number of hydrogen-bond acceptors (Lipinski definition) is 3. The van der Waals surface area contributed by atoms with Crippen LogP contribution in [-0.4, -0.2) is 12.5 Å². The molecular formula is C18H18N2O2. The lowest BCUT2D eigenvalue weighted by Gasteiger charge is -2.38. The van der Waals surface area contributed by atoms with Gasteiger partial charge in [-0.15, -0.1) is 0 Å². The van der Waals surface area contributed by atoms with Crippen molar-refractivity contribution in [3.63, 3.8) is 0 Å². The molecule has 22 heavy (non-hydrogen) atoms. The molecule has 1 amide bonds. The number of para-hydroxylation sites is 1. The molecule has 0 aromatic heterocycles. The monoisotopic (exact) mass is 294 g/mol. The minimum atomic E-state index is -0.682. The van der Waals surface area contributed by atoms with Gasteiger partial charge in [-0.05, 0) is 31.2 Å². The SMILES string of the molecule is C=CCOc1cccc(C2(C)NC(=O)c3ccccc3N2)c1. The lowest BCUT2D eigenvalue weighted by atomic mass is 9.96. The van der Waals surface area contributed by atoms with Gasteiger partial charge in [-0.3, -0.25) is 4.79 Å². The van der Waals surface area contributed by atoms with E-state index in [1.54, 1.807) is 12.1 Å². The number of carbonyl (C=O) groups is 1. The Balaban J connectivity index is 1.94. The van der Waals surface area contributed by atoms with Crippen LogP contribution < -0.4 is 15.4 Å². The summed E-state index contributed by atoms with van der Waals surface area (Å²) in [7, 11) is 0. The van der Waals surface area contributed by atoms with Crippen molar-refractivity contribution < 1.29 is 9.53 Å². The maximum absolute atomic E-state index is 12.3. The van der Waals surface area contributed by atoms with Gasteiger partial charge in [0, 0.05) is 11.3 Å². The van der Waals surface area contributed by atoms with E-state index < -0.39 is 5.66 Å². The van der Waals surface area contributed by atoms with Crippen molar-refractivity contribution in [1.29, 1.82) is 0 Å². The minimum Gasteiger partial charge on any atom is -0.490 e. The molecule has 1 heterocycles. The Hall–Kier alpha value is -2.75. The molecule has 1 aliphatic rings. The first-order valence-corrected chi connectivity index (χ1v) is 7.16. The summed E-state index contributed by atoms with van der Waals surface area (Å²) in [6.45, 7) is 6.03. The standard InChI is InChI=1S/C18H18N2O2/c1-3-11-22-14-8-6-7-13(12-14)18(2)19-16-10-5-4-9-15(16)17(21)20-18/h3-10,12,19H,1,11H2,2H3,(H,20,21). The highest BCUT2D eigenvalue weighted by Gasteiger charge is 2.34. The average molecular weight is 294 g/mol. The van der Waals surface area contributed by atoms with Gasteiger partial charge >= 0.3 is 0 Å². The lowest BCUT2D eigenvalue weighted by molar-refractivity contribution is 0.0906. The van der Waals surface area contributed by atoms with Gasteiger partial charge in [0.2, 0.25) is 0 Å². The lowest BCUT2D eigenvalue weighted by Crippen LogP contribution is -2.52. The fraction of sp³-hybridized carbons (Fsp3) is 0.167. The summed E-state index contributed by atoms with van der Waals surface area (Å²) in [5, 5.41) is 6.42. The van der Waals surface area contributed by atoms with E-state index in [9.17, 15) is 4.79 Å². The van der Waals surface area contributed by atoms with Gasteiger partial charge in [-0.1, -0.05) is 36.9 Å². The average Bonchev–Trinajstić information content (AvgIpc) is 2.53. The summed E-state index contributed by atoms with van der Waals surface area (Å²) in [4.78, 5) is 12.3. The van der Waals surface area contributed by atoms with Crippen LogP contribution in [-0.2, 0) is 5.66 Å². The van der Waals surface area contributed by atoms with Gasteiger partial charge in [-0.2, -0.15) is 0 Å². The summed E-state index contributed by atoms with van der Waals surface area (Å²) in [5.74, 6) is 0.655. The summed E-state index contributed by atoms with van der Waals surface area (Å²) in [5.41, 5.74) is 1.72. The van der Waals surface area contributed by atoms with Crippen molar-refractivity contribution >= 4 is 11.6 Å². The first kappa shape index (κ1) is 14.2. The molecule has 1 unspecified atom stereocenters. The number of nitrogens with one attached hydrogen (secondary N) is 2. The zero-order valence-electron chi connectivity index (χ0n) is 12.4. The highest BCUT2D eigenvalue weighted by Crippen LogP contribution is 2.32. The molecule has 2 N–H and O–H groups in total. The molecule has 2 aromatic carbocycles. The third-order valence-corrected chi connectivity index (χ3v) is 3.70. The second-order valence-corrected chi connectivity index (χ2v) is 5.38. The summed E-state index contributed by atoms with van der Waals surface area (Å²) >= 11 is 0. The quantitative estimate of drug-likeness (QED) is 0.851. The molecule has 112 valence electrons. The van der Waals surface area contributed by atoms with E-state index in [2.05, 4.69) is 17.2 Å². The second kappa shape index (κ2) is 5.56. The van der Waals surface area contributed by atoms with Crippen molar-refractivity contribution in [2.75, 3.05) is 11.9 Å². The van der Waals surface area contributed by atoms with Crippen LogP contribution in [0.15, 0.2) is 61.2 Å². The number of ether oxygens (including phenoxy) is 1. The number of anilines is 1. The van der Waals surface area contributed by atoms with Crippen LogP contribution in [0.2, 0.25) is 0 Å². The van der Waals surface area contributed by atoms with Crippen LogP contribution in [0.25, 0.3) is 0 Å². The molecule has 0 spiro atoms. The first-order valence-electron chi connectivity index (χ1n) is 7.16. The highest BCUT2D eigenvalue weighted by molar-refractivity contribution is 6.02. The van der Waals surface area contributed by atoms with E-state index in [1.807, 2.05) is 49.4 Å². The number of fused-ring (bicyclic) bond motifs is 1. The smallest absolute Gasteiger partial charge is 0.255 e. The fourth-order valence-corrected chi connectivity index (χ4v) is 2.58. The predicted octanol–water partition coefficient (Wildman–Crippen LogP) is 3.28. The summed E-state index contributed by atoms with van der Waals surface area (Å²) < 4.78 is 5.57. The number of benzene rings is 2. The largest absolute Gasteiger partial charge is 0.490 e. The Bertz CT molecular complexity index is 727. The van der Waals surface area contributed by atoms with E-state index in [-0.39, 0.29) is 5.91 Å². The second-order valence-electron chi connectivity index (χ2n) is 5.38. The van der Waals surface area contributed by atoms with E-state index >= 15 is 0 Å². The van der Waals surface area contributed by atoms with E-state index in [1.165, 1.54) is 0 Å². The van der Waals surface area contributed by atoms with E-state index in [0.29, 0.717) is 12.2 Å². The summed E-state index contributed by atoms with van der Waals surface area (Å²) in [6.07, 6.45) is 1.70. The Kier molecular flexibility index (Phi) is 3.59. The maximum Gasteiger partial charge on any atom is 0.255 e. The zero-order valence-corrected chi connectivity index (χ0v) is 12.4. The molecule has 0 fully saturated rings. The Morgan fingerprint density at radius 1 is 1.18 bits per heavy atom. The topological polar surface area (TPSA) is 50.4 Å². The third-order valence-electron chi connectivity index (χ3n) is 3.70. The van der Waals surface area contributed by atoms with Crippen LogP contribution in [0.3, 0.4) is 0 Å². The van der Waals surface area contributed by atoms with Crippen molar-refractivity contribution in [2.45, 2.75) is 12.6 Å². The Morgan fingerprint density at radius 2 is 2.00 bits per heavy atom. The molecule has 0 aliphatic carbocycles. The molecule has 1 aliphatic heterocycles. The molecule has 3 rings (SSSR count). The Labute approximate surface area is 129 Å². The van der Waals surface area contributed by atoms with Crippen molar-refractivity contribution in [2.24, 2.45) is 0 Å². The molecule has 0 radical (unpaired) electrons. The third kappa shape index (κ3) is 2.55. The number of hydrogen-bond donors (Lipinski definition) is 2. The zero-order chi connectivity index (χ0) is 15.6. The molecule has 4 heteroatoms. The minimum absolute atomic E-state index is 0.0886.